The van der Waals surface area contributed by atoms with Crippen LogP contribution in [0, 0.1) is 18.3 Å². The maximum atomic E-state index is 13.5. The molecule has 8 nitrogen and oxygen atoms in total. The van der Waals surface area contributed by atoms with Gasteiger partial charge in [0.15, 0.2) is 0 Å². The number of nitrogens with zero attached hydrogens (tertiary/aromatic N) is 1. The lowest BCUT2D eigenvalue weighted by atomic mass is 10.0. The molecule has 9 heteroatoms. The van der Waals surface area contributed by atoms with Crippen LogP contribution in [0.1, 0.15) is 64.2 Å². The highest BCUT2D eigenvalue weighted by molar-refractivity contribution is 6.34. The number of aryl methyl sites for hydroxylation is 1. The van der Waals surface area contributed by atoms with Crippen molar-refractivity contribution in [3.8, 4) is 17.4 Å². The third-order valence-corrected chi connectivity index (χ3v) is 7.64. The lowest BCUT2D eigenvalue weighted by Gasteiger charge is -2.19. The quantitative estimate of drug-likeness (QED) is 0.132. The molecular formula is C35H37ClN4O4. The SMILES string of the molecule is Cc1ccc([C@@H](C)NCc2ccc(-c3ccc(Cl)c(C(=O)N[C@@H](CC(=O)NCCCO)Cc4ccc(C#N)cc4)c3)o2)cc1. The minimum atomic E-state index is -0.541. The number of halogens is 1. The number of carbonyl (C=O) groups is 2. The number of carbonyl (C=O) groups excluding carboxylic acids is 2. The molecule has 3 aromatic carbocycles. The highest BCUT2D eigenvalue weighted by atomic mass is 35.5. The van der Waals surface area contributed by atoms with Gasteiger partial charge in [-0.15, -0.1) is 0 Å². The van der Waals surface area contributed by atoms with Crippen LogP contribution in [-0.4, -0.2) is 36.1 Å². The largest absolute Gasteiger partial charge is 0.460 e. The maximum Gasteiger partial charge on any atom is 0.253 e. The zero-order chi connectivity index (χ0) is 31.5. The zero-order valence-electron chi connectivity index (χ0n) is 24.9. The molecule has 0 saturated carbocycles. The van der Waals surface area contributed by atoms with Crippen molar-refractivity contribution < 1.29 is 19.1 Å². The van der Waals surface area contributed by atoms with Crippen LogP contribution in [0.5, 0.6) is 0 Å². The minimum absolute atomic E-state index is 0.0270. The molecular weight excluding hydrogens is 576 g/mol. The number of furan rings is 1. The van der Waals surface area contributed by atoms with Gasteiger partial charge in [0, 0.05) is 37.2 Å². The summed E-state index contributed by atoms with van der Waals surface area (Å²) in [4.78, 5) is 26.1. The fourth-order valence-electron chi connectivity index (χ4n) is 4.75. The molecule has 2 atom stereocenters. The molecule has 0 fully saturated rings. The van der Waals surface area contributed by atoms with Crippen LogP contribution in [0.3, 0.4) is 0 Å². The summed E-state index contributed by atoms with van der Waals surface area (Å²) in [6.07, 6.45) is 0.846. The van der Waals surface area contributed by atoms with Gasteiger partial charge in [0.25, 0.3) is 5.91 Å². The van der Waals surface area contributed by atoms with Gasteiger partial charge in [-0.05, 0) is 80.3 Å². The molecule has 0 aliphatic carbocycles. The average Bonchev–Trinajstić information content (AvgIpc) is 3.50. The number of hydrogen-bond donors (Lipinski definition) is 4. The number of aliphatic hydroxyl groups excluding tert-OH is 1. The van der Waals surface area contributed by atoms with Crippen LogP contribution in [0.4, 0.5) is 0 Å². The second-order valence-electron chi connectivity index (χ2n) is 10.8. The predicted octanol–water partition coefficient (Wildman–Crippen LogP) is 5.86. The van der Waals surface area contributed by atoms with E-state index in [1.165, 1.54) is 11.1 Å². The van der Waals surface area contributed by atoms with Gasteiger partial charge in [-0.25, -0.2) is 0 Å². The number of aliphatic hydroxyl groups is 1. The highest BCUT2D eigenvalue weighted by Gasteiger charge is 2.21. The Bertz CT molecular complexity index is 1590. The molecule has 0 radical (unpaired) electrons. The molecule has 4 N–H and O–H groups in total. The first kappa shape index (κ1) is 32.5. The molecule has 4 rings (SSSR count). The number of nitrogens with one attached hydrogen (secondary N) is 3. The van der Waals surface area contributed by atoms with Crippen LogP contribution in [-0.2, 0) is 17.8 Å². The van der Waals surface area contributed by atoms with Crippen molar-refractivity contribution in [1.29, 1.82) is 5.26 Å². The molecule has 4 aromatic rings. The smallest absolute Gasteiger partial charge is 0.253 e. The highest BCUT2D eigenvalue weighted by Crippen LogP contribution is 2.28. The molecule has 1 heterocycles. The van der Waals surface area contributed by atoms with Gasteiger partial charge in [-0.1, -0.05) is 53.6 Å². The van der Waals surface area contributed by atoms with E-state index >= 15 is 0 Å². The molecule has 0 bridgehead atoms. The average molecular weight is 613 g/mol. The van der Waals surface area contributed by atoms with Crippen molar-refractivity contribution in [2.24, 2.45) is 0 Å². The van der Waals surface area contributed by atoms with Gasteiger partial charge in [-0.3, -0.25) is 9.59 Å². The lowest BCUT2D eigenvalue weighted by Crippen LogP contribution is -2.41. The van der Waals surface area contributed by atoms with Crippen molar-refractivity contribution >= 4 is 23.4 Å². The number of nitriles is 1. The Hall–Kier alpha value is -4.42. The summed E-state index contributed by atoms with van der Waals surface area (Å²) in [7, 11) is 0. The Morgan fingerprint density at radius 2 is 1.77 bits per heavy atom. The summed E-state index contributed by atoms with van der Waals surface area (Å²) in [6, 6.07) is 26.0. The minimum Gasteiger partial charge on any atom is -0.460 e. The first-order chi connectivity index (χ1) is 21.2. The third kappa shape index (κ3) is 9.29. The predicted molar refractivity (Wildman–Crippen MR) is 171 cm³/mol. The maximum absolute atomic E-state index is 13.5. The molecule has 2 amide bonds. The Labute approximate surface area is 263 Å². The van der Waals surface area contributed by atoms with Crippen LogP contribution in [0.2, 0.25) is 5.02 Å². The summed E-state index contributed by atoms with van der Waals surface area (Å²) in [6.45, 7) is 5.02. The van der Waals surface area contributed by atoms with E-state index in [-0.39, 0.29) is 35.6 Å². The fourth-order valence-corrected chi connectivity index (χ4v) is 4.95. The standard InChI is InChI=1S/C35H37ClN4O4/c1-23-4-10-27(11-5-23)24(2)39-22-30-13-15-33(44-30)28-12-14-32(36)31(19-28)35(43)40-29(20-34(42)38-16-3-17-41)18-25-6-8-26(21-37)9-7-25/h4-15,19,24,29,39,41H,3,16-18,20,22H2,1-2H3,(H,38,42)(H,40,43)/t24-,29-/m1/s1. The molecule has 0 unspecified atom stereocenters. The Balaban J connectivity index is 1.45. The van der Waals surface area contributed by atoms with Crippen LogP contribution in [0.25, 0.3) is 11.3 Å². The van der Waals surface area contributed by atoms with E-state index in [0.717, 1.165) is 11.3 Å². The van der Waals surface area contributed by atoms with E-state index in [1.54, 1.807) is 42.5 Å². The molecule has 0 saturated heterocycles. The molecule has 1 aromatic heterocycles. The van der Waals surface area contributed by atoms with Crippen LogP contribution >= 0.6 is 11.6 Å². The Morgan fingerprint density at radius 1 is 1.02 bits per heavy atom. The summed E-state index contributed by atoms with van der Waals surface area (Å²) < 4.78 is 6.10. The van der Waals surface area contributed by atoms with Crippen molar-refractivity contribution in [1.82, 2.24) is 16.0 Å². The summed E-state index contributed by atoms with van der Waals surface area (Å²) >= 11 is 6.47. The van der Waals surface area contributed by atoms with E-state index in [4.69, 9.17) is 26.4 Å². The van der Waals surface area contributed by atoms with Gasteiger partial charge >= 0.3 is 0 Å². The zero-order valence-corrected chi connectivity index (χ0v) is 25.7. The summed E-state index contributed by atoms with van der Waals surface area (Å²) in [5.41, 5.74) is 4.76. The molecule has 44 heavy (non-hydrogen) atoms. The fraction of sp³-hybridized carbons (Fsp3) is 0.286. The Morgan fingerprint density at radius 3 is 2.48 bits per heavy atom. The Kier molecular flexibility index (Phi) is 11.7. The summed E-state index contributed by atoms with van der Waals surface area (Å²) in [5.74, 6) is 0.701. The molecule has 0 aliphatic rings. The number of amides is 2. The molecule has 0 aliphatic heterocycles. The normalized spacial score (nSPS) is 12.2. The topological polar surface area (TPSA) is 127 Å². The van der Waals surface area contributed by atoms with Crippen molar-refractivity contribution in [3.63, 3.8) is 0 Å². The van der Waals surface area contributed by atoms with Crippen molar-refractivity contribution in [3.05, 3.63) is 117 Å². The van der Waals surface area contributed by atoms with E-state index in [1.807, 2.05) is 12.1 Å². The second-order valence-corrected chi connectivity index (χ2v) is 11.2. The van der Waals surface area contributed by atoms with Crippen LogP contribution < -0.4 is 16.0 Å². The van der Waals surface area contributed by atoms with E-state index in [9.17, 15) is 9.59 Å². The van der Waals surface area contributed by atoms with Crippen molar-refractivity contribution in [2.45, 2.75) is 51.7 Å². The first-order valence-corrected chi connectivity index (χ1v) is 15.0. The number of hydrogen-bond acceptors (Lipinski definition) is 6. The second kappa shape index (κ2) is 15.9. The van der Waals surface area contributed by atoms with E-state index in [0.29, 0.717) is 42.8 Å². The molecule has 228 valence electrons. The van der Waals surface area contributed by atoms with E-state index < -0.39 is 11.9 Å². The first-order valence-electron chi connectivity index (χ1n) is 14.6. The van der Waals surface area contributed by atoms with Gasteiger partial charge in [-0.2, -0.15) is 5.26 Å². The number of rotatable bonds is 14. The van der Waals surface area contributed by atoms with Gasteiger partial charge in [0.1, 0.15) is 11.5 Å². The van der Waals surface area contributed by atoms with Gasteiger partial charge < -0.3 is 25.5 Å². The van der Waals surface area contributed by atoms with Gasteiger partial charge in [0.2, 0.25) is 5.91 Å². The number of benzene rings is 3. The third-order valence-electron chi connectivity index (χ3n) is 7.31. The van der Waals surface area contributed by atoms with Crippen LogP contribution in [0.15, 0.2) is 83.3 Å². The van der Waals surface area contributed by atoms with Gasteiger partial charge in [0.05, 0.1) is 28.8 Å². The lowest BCUT2D eigenvalue weighted by molar-refractivity contribution is -0.121. The van der Waals surface area contributed by atoms with E-state index in [2.05, 4.69) is 60.1 Å². The monoisotopic (exact) mass is 612 g/mol. The molecule has 0 spiro atoms. The summed E-state index contributed by atoms with van der Waals surface area (Å²) in [5, 5.41) is 27.6. The van der Waals surface area contributed by atoms with Crippen molar-refractivity contribution in [2.75, 3.05) is 13.2 Å².